The zero-order valence-corrected chi connectivity index (χ0v) is 23.2. The van der Waals surface area contributed by atoms with Crippen molar-refractivity contribution in [2.24, 2.45) is 0 Å². The van der Waals surface area contributed by atoms with Crippen LogP contribution in [0.5, 0.6) is 0 Å². The number of halogens is 34. The first-order chi connectivity index (χ1) is 23.5. The molecule has 0 spiro atoms. The molecule has 0 atom stereocenters. The lowest BCUT2D eigenvalue weighted by molar-refractivity contribution is -0.459. The van der Waals surface area contributed by atoms with Gasteiger partial charge in [0.2, 0.25) is 11.6 Å². The van der Waals surface area contributed by atoms with E-state index in [0.717, 1.165) is 0 Å². The molecule has 0 aromatic rings. The van der Waals surface area contributed by atoms with Crippen molar-refractivity contribution in [1.29, 1.82) is 0 Å². The van der Waals surface area contributed by atoms with E-state index in [0.29, 0.717) is 0 Å². The van der Waals surface area contributed by atoms with E-state index in [9.17, 15) is 159 Å². The van der Waals surface area contributed by atoms with Gasteiger partial charge >= 0.3 is 95.3 Å². The van der Waals surface area contributed by atoms with Crippen LogP contribution in [0.2, 0.25) is 0 Å². The maximum absolute atomic E-state index is 14.0. The van der Waals surface area contributed by atoms with E-state index in [1.165, 1.54) is 0 Å². The number of carbonyl (C=O) groups is 2. The van der Waals surface area contributed by atoms with Crippen molar-refractivity contribution >= 4 is 11.6 Å². The number of carbonyl (C=O) groups excluding carboxylic acids is 2. The fraction of sp³-hybridized carbons (Fsp3) is 0.895. The highest BCUT2D eigenvalue weighted by Crippen LogP contribution is 2.66. The minimum absolute atomic E-state index is 5.68. The summed E-state index contributed by atoms with van der Waals surface area (Å²) >= 11 is 0. The molecular weight excluding hydrogens is 906 g/mol. The van der Waals surface area contributed by atoms with Gasteiger partial charge in [-0.25, -0.2) is 0 Å². The highest BCUT2D eigenvalue weighted by Gasteiger charge is 2.97. The molecule has 0 aliphatic rings. The predicted molar refractivity (Wildman–Crippen MR) is 96.0 cm³/mol. The Labute approximate surface area is 275 Å². The van der Waals surface area contributed by atoms with Gasteiger partial charge in [0.1, 0.15) is 0 Å². The minimum Gasteiger partial charge on any atom is -0.292 e. The van der Waals surface area contributed by atoms with Crippen molar-refractivity contribution in [1.82, 2.24) is 0 Å². The molecular formula is C19H2F34O2. The third-order valence-electron chi connectivity index (χ3n) is 6.33. The van der Waals surface area contributed by atoms with Gasteiger partial charge in [-0.2, -0.15) is 149 Å². The minimum atomic E-state index is -9.60. The summed E-state index contributed by atoms with van der Waals surface area (Å²) in [6, 6.07) is 0. The van der Waals surface area contributed by atoms with Crippen molar-refractivity contribution in [3.63, 3.8) is 0 Å². The first-order valence-electron chi connectivity index (χ1n) is 12.0. The van der Waals surface area contributed by atoms with E-state index in [2.05, 4.69) is 0 Å². The summed E-state index contributed by atoms with van der Waals surface area (Å²) in [6.07, 6.45) is -22.9. The number of ketones is 2. The van der Waals surface area contributed by atoms with E-state index in [1.807, 2.05) is 0 Å². The SMILES string of the molecule is [2H]C(C(=O)C(F)(F)C(F)(F)C(F)(F)C(F)(F)C(F)(F)C(F)(F)C(F)(F)C(F)(F)F)C(=O)C(F)(F)C(F)(F)C(F)(F)C(F)(F)C(F)(F)C(F)(F)C(F)(F)C(F)(F)F. The fourth-order valence-electron chi connectivity index (χ4n) is 2.94. The number of Topliss-reactive ketones (excluding diaryl/α,β-unsaturated/α-hetero) is 2. The highest BCUT2D eigenvalue weighted by atomic mass is 19.4. The van der Waals surface area contributed by atoms with Crippen LogP contribution in [0.25, 0.3) is 0 Å². The quantitative estimate of drug-likeness (QED) is 0.114. The van der Waals surface area contributed by atoms with Gasteiger partial charge in [0.15, 0.2) is 0 Å². The maximum atomic E-state index is 14.0. The Kier molecular flexibility index (Phi) is 11.6. The molecule has 0 N–H and O–H groups in total. The first-order valence-corrected chi connectivity index (χ1v) is 11.4. The molecule has 36 heteroatoms. The Hall–Kier alpha value is -3.04. The molecule has 0 bridgehead atoms. The fourth-order valence-corrected chi connectivity index (χ4v) is 2.94. The topological polar surface area (TPSA) is 34.1 Å². The van der Waals surface area contributed by atoms with E-state index in [-0.39, 0.29) is 0 Å². The summed E-state index contributed by atoms with van der Waals surface area (Å²) < 4.78 is 457. The normalized spacial score (nSPS) is 17.1. The summed E-state index contributed by atoms with van der Waals surface area (Å²) in [6.45, 7) is 0. The zero-order valence-electron chi connectivity index (χ0n) is 24.2. The second-order valence-electron chi connectivity index (χ2n) is 9.91. The van der Waals surface area contributed by atoms with E-state index in [4.69, 9.17) is 1.37 Å². The zero-order chi connectivity index (χ0) is 46.7. The van der Waals surface area contributed by atoms with E-state index < -0.39 is 113 Å². The van der Waals surface area contributed by atoms with Gasteiger partial charge in [0.05, 0.1) is 6.40 Å². The van der Waals surface area contributed by atoms with Gasteiger partial charge in [-0.1, -0.05) is 0 Å². The van der Waals surface area contributed by atoms with Crippen LogP contribution in [0.15, 0.2) is 0 Å². The molecule has 0 aliphatic heterocycles. The summed E-state index contributed by atoms with van der Waals surface area (Å²) in [5.74, 6) is -141. The molecule has 0 aromatic heterocycles. The Balaban J connectivity index is 7.37. The van der Waals surface area contributed by atoms with Crippen LogP contribution < -0.4 is 0 Å². The standard InChI is InChI=1S/C19H2F34O2/c20-4(21,6(24,25)8(28,29)10(32,33)12(36,37)14(40,41)16(44,45)18(48,49)50)2(54)1-3(55)5(22,23)7(26,27)9(30,31)11(34,35)13(38,39)15(42,43)17(46,47)19(51,52)53/h1H2/i1D. The summed E-state index contributed by atoms with van der Waals surface area (Å²) in [4.78, 5) is 22.7. The van der Waals surface area contributed by atoms with Crippen LogP contribution in [-0.2, 0) is 9.59 Å². The van der Waals surface area contributed by atoms with E-state index in [1.54, 1.807) is 0 Å². The predicted octanol–water partition coefficient (Wildman–Crippen LogP) is 10.5. The third-order valence-corrected chi connectivity index (χ3v) is 6.33. The van der Waals surface area contributed by atoms with Crippen molar-refractivity contribution in [3.8, 4) is 0 Å². The van der Waals surface area contributed by atoms with Gasteiger partial charge in [-0.15, -0.1) is 0 Å². The van der Waals surface area contributed by atoms with Gasteiger partial charge in [0, 0.05) is 1.37 Å². The van der Waals surface area contributed by atoms with E-state index >= 15 is 0 Å². The average molecular weight is 909 g/mol. The summed E-state index contributed by atoms with van der Waals surface area (Å²) in [5.41, 5.74) is 0. The van der Waals surface area contributed by atoms with Gasteiger partial charge in [0.25, 0.3) is 0 Å². The Morgan fingerprint density at radius 1 is 0.255 bits per heavy atom. The van der Waals surface area contributed by atoms with Crippen LogP contribution >= 0.6 is 0 Å². The number of alkyl halides is 34. The molecule has 0 unspecified atom stereocenters. The molecule has 0 radical (unpaired) electrons. The van der Waals surface area contributed by atoms with Crippen LogP contribution in [0.3, 0.4) is 0 Å². The Bertz CT molecular complexity index is 1380. The van der Waals surface area contributed by atoms with Crippen molar-refractivity contribution < 1.29 is 160 Å². The molecule has 0 aliphatic carbocycles. The second-order valence-corrected chi connectivity index (χ2v) is 9.91. The molecule has 2 nitrogen and oxygen atoms in total. The van der Waals surface area contributed by atoms with Crippen LogP contribution in [-0.4, -0.2) is 107 Å². The summed E-state index contributed by atoms with van der Waals surface area (Å²) in [7, 11) is 0. The number of hydrogen-bond acceptors (Lipinski definition) is 2. The maximum Gasteiger partial charge on any atom is 0.460 e. The summed E-state index contributed by atoms with van der Waals surface area (Å²) in [5, 5.41) is 0. The first kappa shape index (κ1) is 50.0. The van der Waals surface area contributed by atoms with Crippen LogP contribution in [0.4, 0.5) is 149 Å². The molecule has 0 aromatic carbocycles. The monoisotopic (exact) mass is 909 g/mol. The second kappa shape index (κ2) is 12.7. The molecule has 0 saturated heterocycles. The third kappa shape index (κ3) is 6.33. The van der Waals surface area contributed by atoms with Crippen LogP contribution in [0, 0.1) is 0 Å². The molecule has 0 fully saturated rings. The Morgan fingerprint density at radius 3 is 0.527 bits per heavy atom. The lowest BCUT2D eigenvalue weighted by Crippen LogP contribution is -2.75. The molecule has 55 heavy (non-hydrogen) atoms. The molecule has 0 amide bonds. The lowest BCUT2D eigenvalue weighted by atomic mass is 9.85. The largest absolute Gasteiger partial charge is 0.460 e. The highest BCUT2D eigenvalue weighted by molar-refractivity contribution is 6.06. The van der Waals surface area contributed by atoms with Crippen molar-refractivity contribution in [3.05, 3.63) is 0 Å². The van der Waals surface area contributed by atoms with Gasteiger partial charge in [-0.3, -0.25) is 9.59 Å². The molecule has 0 rings (SSSR count). The lowest BCUT2D eigenvalue weighted by Gasteiger charge is -2.43. The van der Waals surface area contributed by atoms with Crippen molar-refractivity contribution in [2.75, 3.05) is 0 Å². The average Bonchev–Trinajstić information content (AvgIpc) is 2.97. The van der Waals surface area contributed by atoms with Gasteiger partial charge in [-0.05, 0) is 0 Å². The van der Waals surface area contributed by atoms with Crippen LogP contribution in [0.1, 0.15) is 7.77 Å². The molecule has 0 saturated carbocycles. The van der Waals surface area contributed by atoms with Crippen molar-refractivity contribution in [2.45, 2.75) is 102 Å². The molecule has 328 valence electrons. The smallest absolute Gasteiger partial charge is 0.292 e. The Morgan fingerprint density at radius 2 is 0.382 bits per heavy atom. The number of rotatable bonds is 16. The number of hydrogen-bond donors (Lipinski definition) is 0. The van der Waals surface area contributed by atoms with Gasteiger partial charge < -0.3 is 0 Å². The molecule has 0 heterocycles.